The third kappa shape index (κ3) is 2.55. The lowest BCUT2D eigenvalue weighted by atomic mass is 9.95. The van der Waals surface area contributed by atoms with Crippen molar-refractivity contribution in [3.8, 4) is 0 Å². The second-order valence-corrected chi connectivity index (χ2v) is 5.43. The Morgan fingerprint density at radius 3 is 2.89 bits per heavy atom. The van der Waals surface area contributed by atoms with Crippen LogP contribution in [0.2, 0.25) is 0 Å². The first-order valence-electron chi connectivity index (χ1n) is 6.98. The van der Waals surface area contributed by atoms with Crippen molar-refractivity contribution in [1.82, 2.24) is 15.0 Å². The van der Waals surface area contributed by atoms with Crippen LogP contribution in [0.15, 0.2) is 16.7 Å². The van der Waals surface area contributed by atoms with Crippen molar-refractivity contribution in [3.63, 3.8) is 0 Å². The Bertz CT molecular complexity index is 487. The predicted octanol–water partition coefficient (Wildman–Crippen LogP) is 2.05. The fraction of sp³-hybridized carbons (Fsp3) is 0.643. The van der Waals surface area contributed by atoms with E-state index in [2.05, 4.69) is 22.3 Å². The maximum Gasteiger partial charge on any atom is 0.226 e. The molecule has 1 amide bonds. The minimum Gasteiger partial charge on any atom is -0.342 e. The SMILES string of the molecule is Cc1nc(C2CCCN(C(=O)C3CC=CC3)C2)no1. The molecule has 2 heterocycles. The van der Waals surface area contributed by atoms with E-state index in [0.29, 0.717) is 5.89 Å². The molecule has 0 bridgehead atoms. The number of piperidine rings is 1. The number of carbonyl (C=O) groups excluding carboxylic acids is 1. The highest BCUT2D eigenvalue weighted by Gasteiger charge is 2.31. The summed E-state index contributed by atoms with van der Waals surface area (Å²) >= 11 is 0. The van der Waals surface area contributed by atoms with Crippen LogP contribution in [0.5, 0.6) is 0 Å². The molecule has 1 aromatic heterocycles. The Morgan fingerprint density at radius 2 is 2.21 bits per heavy atom. The fourth-order valence-electron chi connectivity index (χ4n) is 2.95. The molecule has 0 radical (unpaired) electrons. The Hall–Kier alpha value is -1.65. The number of hydrogen-bond acceptors (Lipinski definition) is 4. The van der Waals surface area contributed by atoms with Gasteiger partial charge in [0.2, 0.25) is 11.8 Å². The van der Waals surface area contributed by atoms with E-state index < -0.39 is 0 Å². The molecule has 3 rings (SSSR count). The van der Waals surface area contributed by atoms with E-state index in [0.717, 1.165) is 44.6 Å². The second kappa shape index (κ2) is 5.15. The maximum atomic E-state index is 12.4. The summed E-state index contributed by atoms with van der Waals surface area (Å²) in [6.45, 7) is 3.39. The van der Waals surface area contributed by atoms with E-state index in [1.165, 1.54) is 0 Å². The molecule has 5 nitrogen and oxygen atoms in total. The molecule has 2 aliphatic rings. The van der Waals surface area contributed by atoms with E-state index in [1.807, 2.05) is 4.90 Å². The number of rotatable bonds is 2. The van der Waals surface area contributed by atoms with Crippen LogP contribution >= 0.6 is 0 Å². The summed E-state index contributed by atoms with van der Waals surface area (Å²) < 4.78 is 5.04. The monoisotopic (exact) mass is 261 g/mol. The molecule has 0 saturated carbocycles. The molecule has 1 fully saturated rings. The highest BCUT2D eigenvalue weighted by atomic mass is 16.5. The number of likely N-dealkylation sites (tertiary alicyclic amines) is 1. The molecule has 1 unspecified atom stereocenters. The zero-order valence-corrected chi connectivity index (χ0v) is 11.2. The minimum atomic E-state index is 0.158. The Balaban J connectivity index is 1.66. The zero-order valence-electron chi connectivity index (χ0n) is 11.2. The van der Waals surface area contributed by atoms with Crippen molar-refractivity contribution in [2.45, 2.75) is 38.5 Å². The van der Waals surface area contributed by atoms with E-state index >= 15 is 0 Å². The van der Waals surface area contributed by atoms with Gasteiger partial charge >= 0.3 is 0 Å². The van der Waals surface area contributed by atoms with Crippen LogP contribution in [-0.4, -0.2) is 34.0 Å². The molecule has 0 spiro atoms. The third-order valence-electron chi connectivity index (χ3n) is 4.00. The molecule has 5 heteroatoms. The topological polar surface area (TPSA) is 59.2 Å². The number of amides is 1. The average molecular weight is 261 g/mol. The van der Waals surface area contributed by atoms with Gasteiger partial charge in [-0.1, -0.05) is 17.3 Å². The molecule has 0 aromatic carbocycles. The number of allylic oxidation sites excluding steroid dienone is 2. The van der Waals surface area contributed by atoms with Gasteiger partial charge in [-0.2, -0.15) is 4.98 Å². The van der Waals surface area contributed by atoms with Crippen molar-refractivity contribution in [1.29, 1.82) is 0 Å². The number of carbonyl (C=O) groups is 1. The molecule has 1 aliphatic carbocycles. The van der Waals surface area contributed by atoms with Gasteiger partial charge in [-0.3, -0.25) is 4.79 Å². The van der Waals surface area contributed by atoms with Gasteiger partial charge in [0.25, 0.3) is 0 Å². The van der Waals surface area contributed by atoms with Crippen molar-refractivity contribution in [2.75, 3.05) is 13.1 Å². The predicted molar refractivity (Wildman–Crippen MR) is 69.5 cm³/mol. The van der Waals surface area contributed by atoms with Crippen LogP contribution in [0.4, 0.5) is 0 Å². The number of nitrogens with zero attached hydrogens (tertiary/aromatic N) is 3. The lowest BCUT2D eigenvalue weighted by molar-refractivity contribution is -0.136. The molecule has 102 valence electrons. The van der Waals surface area contributed by atoms with E-state index in [1.54, 1.807) is 6.92 Å². The third-order valence-corrected chi connectivity index (χ3v) is 4.00. The van der Waals surface area contributed by atoms with Crippen molar-refractivity contribution < 1.29 is 9.32 Å². The van der Waals surface area contributed by atoms with Crippen LogP contribution in [0.25, 0.3) is 0 Å². The Morgan fingerprint density at radius 1 is 1.42 bits per heavy atom. The molecular formula is C14H19N3O2. The van der Waals surface area contributed by atoms with E-state index in [4.69, 9.17) is 4.52 Å². The van der Waals surface area contributed by atoms with E-state index in [-0.39, 0.29) is 17.7 Å². The average Bonchev–Trinajstić information content (AvgIpc) is 3.09. The van der Waals surface area contributed by atoms with Gasteiger partial charge in [-0.15, -0.1) is 0 Å². The first kappa shape index (κ1) is 12.4. The molecule has 1 aromatic rings. The summed E-state index contributed by atoms with van der Waals surface area (Å²) in [5.41, 5.74) is 0. The zero-order chi connectivity index (χ0) is 13.2. The lowest BCUT2D eigenvalue weighted by Gasteiger charge is -2.33. The molecule has 0 N–H and O–H groups in total. The summed E-state index contributed by atoms with van der Waals surface area (Å²) in [6, 6.07) is 0. The Labute approximate surface area is 112 Å². The van der Waals surface area contributed by atoms with Crippen LogP contribution in [0, 0.1) is 12.8 Å². The van der Waals surface area contributed by atoms with Gasteiger partial charge < -0.3 is 9.42 Å². The summed E-state index contributed by atoms with van der Waals surface area (Å²) in [5, 5.41) is 3.99. The first-order valence-corrected chi connectivity index (χ1v) is 6.98. The van der Waals surface area contributed by atoms with Crippen LogP contribution in [-0.2, 0) is 4.79 Å². The van der Waals surface area contributed by atoms with Gasteiger partial charge in [0.05, 0.1) is 0 Å². The van der Waals surface area contributed by atoms with Crippen molar-refractivity contribution in [3.05, 3.63) is 23.9 Å². The number of hydrogen-bond donors (Lipinski definition) is 0. The molecule has 1 saturated heterocycles. The van der Waals surface area contributed by atoms with Crippen LogP contribution in [0.1, 0.15) is 43.3 Å². The van der Waals surface area contributed by atoms with Crippen molar-refractivity contribution in [2.24, 2.45) is 5.92 Å². The fourth-order valence-corrected chi connectivity index (χ4v) is 2.95. The highest BCUT2D eigenvalue weighted by Crippen LogP contribution is 2.28. The quantitative estimate of drug-likeness (QED) is 0.764. The van der Waals surface area contributed by atoms with E-state index in [9.17, 15) is 4.79 Å². The standard InChI is InChI=1S/C14H19N3O2/c1-10-15-13(16-19-10)12-7-4-8-17(9-12)14(18)11-5-2-3-6-11/h2-3,11-12H,4-9H2,1H3. The summed E-state index contributed by atoms with van der Waals surface area (Å²) in [4.78, 5) is 18.7. The maximum absolute atomic E-state index is 12.4. The summed E-state index contributed by atoms with van der Waals surface area (Å²) in [5.74, 6) is 2.02. The van der Waals surface area contributed by atoms with Gasteiger partial charge in [-0.25, -0.2) is 0 Å². The molecule has 19 heavy (non-hydrogen) atoms. The van der Waals surface area contributed by atoms with Gasteiger partial charge in [0.15, 0.2) is 5.82 Å². The number of aromatic nitrogens is 2. The highest BCUT2D eigenvalue weighted by molar-refractivity contribution is 5.79. The minimum absolute atomic E-state index is 0.158. The molecule has 1 atom stereocenters. The van der Waals surface area contributed by atoms with Gasteiger partial charge in [0.1, 0.15) is 0 Å². The van der Waals surface area contributed by atoms with Crippen LogP contribution in [0.3, 0.4) is 0 Å². The largest absolute Gasteiger partial charge is 0.342 e. The molecule has 1 aliphatic heterocycles. The normalized spacial score (nSPS) is 24.1. The number of aryl methyl sites for hydroxylation is 1. The summed E-state index contributed by atoms with van der Waals surface area (Å²) in [7, 11) is 0. The second-order valence-electron chi connectivity index (χ2n) is 5.43. The molecular weight excluding hydrogens is 242 g/mol. The lowest BCUT2D eigenvalue weighted by Crippen LogP contribution is -2.42. The smallest absolute Gasteiger partial charge is 0.226 e. The van der Waals surface area contributed by atoms with Crippen LogP contribution < -0.4 is 0 Å². The van der Waals surface area contributed by atoms with Crippen molar-refractivity contribution >= 4 is 5.91 Å². The summed E-state index contributed by atoms with van der Waals surface area (Å²) in [6.07, 6.45) is 8.04. The first-order chi connectivity index (χ1) is 9.24. The van der Waals surface area contributed by atoms with Gasteiger partial charge in [-0.05, 0) is 25.7 Å². The van der Waals surface area contributed by atoms with Gasteiger partial charge in [0, 0.05) is 31.8 Å². The Kier molecular flexibility index (Phi) is 3.36.